The summed E-state index contributed by atoms with van der Waals surface area (Å²) in [4.78, 5) is 11.7. The van der Waals surface area contributed by atoms with E-state index >= 15 is 0 Å². The van der Waals surface area contributed by atoms with Crippen molar-refractivity contribution in [3.8, 4) is 5.69 Å². The lowest BCUT2D eigenvalue weighted by Gasteiger charge is -2.01. The maximum Gasteiger partial charge on any atom is 0.211 e. The van der Waals surface area contributed by atoms with Crippen LogP contribution in [-0.2, 0) is 0 Å². The topological polar surface area (TPSA) is 63.6 Å². The van der Waals surface area contributed by atoms with Gasteiger partial charge < -0.3 is 0 Å². The molecule has 0 amide bonds. The first-order chi connectivity index (χ1) is 8.27. The third-order valence-electron chi connectivity index (χ3n) is 2.66. The number of aryl methyl sites for hydroxylation is 1. The first-order valence-corrected chi connectivity index (χ1v) is 5.26. The second-order valence-electron chi connectivity index (χ2n) is 3.79. The fourth-order valence-corrected chi connectivity index (χ4v) is 1.90. The molecule has 0 aliphatic heterocycles. The standard InChI is InChI=1S/C12H10N4O/c1-8-11-10(17)7-13-14-12(11)16(15-8)9-5-3-2-4-6-9/h2-7H,1H3,(H,14,17). The summed E-state index contributed by atoms with van der Waals surface area (Å²) < 4.78 is 1.69. The lowest BCUT2D eigenvalue weighted by atomic mass is 10.3. The number of H-pyrrole nitrogens is 1. The molecule has 0 bridgehead atoms. The van der Waals surface area contributed by atoms with Gasteiger partial charge in [0, 0.05) is 0 Å². The van der Waals surface area contributed by atoms with Gasteiger partial charge in [-0.25, -0.2) is 4.68 Å². The van der Waals surface area contributed by atoms with E-state index in [2.05, 4.69) is 15.3 Å². The van der Waals surface area contributed by atoms with Gasteiger partial charge in [-0.05, 0) is 19.1 Å². The van der Waals surface area contributed by atoms with E-state index in [-0.39, 0.29) is 5.43 Å². The highest BCUT2D eigenvalue weighted by molar-refractivity contribution is 5.78. The Balaban J connectivity index is 2.40. The normalized spacial score (nSPS) is 10.9. The number of nitrogens with zero attached hydrogens (tertiary/aromatic N) is 3. The van der Waals surface area contributed by atoms with E-state index in [0.717, 1.165) is 5.69 Å². The van der Waals surface area contributed by atoms with Crippen LogP contribution < -0.4 is 5.43 Å². The molecule has 0 unspecified atom stereocenters. The van der Waals surface area contributed by atoms with Gasteiger partial charge in [0.25, 0.3) is 0 Å². The minimum atomic E-state index is -0.113. The Morgan fingerprint density at radius 1 is 1.24 bits per heavy atom. The van der Waals surface area contributed by atoms with Crippen LogP contribution in [0.3, 0.4) is 0 Å². The molecule has 17 heavy (non-hydrogen) atoms. The van der Waals surface area contributed by atoms with Gasteiger partial charge in [-0.1, -0.05) is 18.2 Å². The van der Waals surface area contributed by atoms with E-state index in [0.29, 0.717) is 16.7 Å². The molecule has 0 fully saturated rings. The molecule has 0 aliphatic carbocycles. The molecular formula is C12H10N4O. The van der Waals surface area contributed by atoms with Crippen LogP contribution in [0.4, 0.5) is 0 Å². The molecular weight excluding hydrogens is 216 g/mol. The zero-order chi connectivity index (χ0) is 11.8. The zero-order valence-electron chi connectivity index (χ0n) is 9.21. The number of hydrogen-bond acceptors (Lipinski definition) is 3. The summed E-state index contributed by atoms with van der Waals surface area (Å²) in [6.45, 7) is 1.82. The number of hydrogen-bond donors (Lipinski definition) is 1. The summed E-state index contributed by atoms with van der Waals surface area (Å²) >= 11 is 0. The van der Waals surface area contributed by atoms with E-state index in [1.54, 1.807) is 4.68 Å². The molecule has 0 radical (unpaired) electrons. The van der Waals surface area contributed by atoms with Crippen LogP contribution in [0, 0.1) is 6.92 Å². The number of aromatic amines is 1. The van der Waals surface area contributed by atoms with Crippen molar-refractivity contribution < 1.29 is 0 Å². The number of rotatable bonds is 1. The molecule has 2 aromatic heterocycles. The predicted molar refractivity (Wildman–Crippen MR) is 64.2 cm³/mol. The lowest BCUT2D eigenvalue weighted by Crippen LogP contribution is -2.04. The van der Waals surface area contributed by atoms with Crippen LogP contribution in [0.25, 0.3) is 16.7 Å². The molecule has 0 aliphatic rings. The van der Waals surface area contributed by atoms with Crippen molar-refractivity contribution in [2.45, 2.75) is 6.92 Å². The Labute approximate surface area is 96.7 Å². The molecule has 0 atom stereocenters. The molecule has 84 valence electrons. The minimum absolute atomic E-state index is 0.113. The predicted octanol–water partition coefficient (Wildman–Crippen LogP) is 1.42. The van der Waals surface area contributed by atoms with Crippen molar-refractivity contribution in [3.63, 3.8) is 0 Å². The third-order valence-corrected chi connectivity index (χ3v) is 2.66. The minimum Gasteiger partial charge on any atom is -0.287 e. The number of para-hydroxylation sites is 1. The Hall–Kier alpha value is -2.43. The first kappa shape index (κ1) is 9.77. The van der Waals surface area contributed by atoms with Gasteiger partial charge >= 0.3 is 0 Å². The highest BCUT2D eigenvalue weighted by Gasteiger charge is 2.11. The second kappa shape index (κ2) is 3.55. The van der Waals surface area contributed by atoms with Crippen molar-refractivity contribution in [1.29, 1.82) is 0 Å². The zero-order valence-corrected chi connectivity index (χ0v) is 9.21. The monoisotopic (exact) mass is 226 g/mol. The largest absolute Gasteiger partial charge is 0.287 e. The van der Waals surface area contributed by atoms with Crippen LogP contribution in [0.15, 0.2) is 41.3 Å². The quantitative estimate of drug-likeness (QED) is 0.682. The van der Waals surface area contributed by atoms with Gasteiger partial charge in [0.1, 0.15) is 0 Å². The molecule has 0 spiro atoms. The molecule has 2 heterocycles. The first-order valence-electron chi connectivity index (χ1n) is 5.26. The van der Waals surface area contributed by atoms with E-state index < -0.39 is 0 Å². The lowest BCUT2D eigenvalue weighted by molar-refractivity contribution is 0.864. The van der Waals surface area contributed by atoms with E-state index in [1.165, 1.54) is 6.20 Å². The Kier molecular flexibility index (Phi) is 2.04. The van der Waals surface area contributed by atoms with Crippen LogP contribution >= 0.6 is 0 Å². The number of benzene rings is 1. The molecule has 5 heteroatoms. The summed E-state index contributed by atoms with van der Waals surface area (Å²) in [5, 5.41) is 11.6. The highest BCUT2D eigenvalue weighted by Crippen LogP contribution is 2.15. The average Bonchev–Trinajstić information content (AvgIpc) is 2.69. The van der Waals surface area contributed by atoms with Crippen molar-refractivity contribution in [3.05, 3.63) is 52.4 Å². The summed E-state index contributed by atoms with van der Waals surface area (Å²) in [5.74, 6) is 0. The average molecular weight is 226 g/mol. The highest BCUT2D eigenvalue weighted by atomic mass is 16.1. The Bertz CT molecular complexity index is 727. The van der Waals surface area contributed by atoms with Gasteiger partial charge in [-0.2, -0.15) is 10.2 Å². The summed E-state index contributed by atoms with van der Waals surface area (Å²) in [6, 6.07) is 9.64. The van der Waals surface area contributed by atoms with Gasteiger partial charge in [0.2, 0.25) is 5.43 Å². The number of aromatic nitrogens is 4. The van der Waals surface area contributed by atoms with Crippen LogP contribution in [0.2, 0.25) is 0 Å². The van der Waals surface area contributed by atoms with Crippen LogP contribution in [-0.4, -0.2) is 20.0 Å². The molecule has 0 saturated carbocycles. The molecule has 5 nitrogen and oxygen atoms in total. The summed E-state index contributed by atoms with van der Waals surface area (Å²) in [6.07, 6.45) is 1.27. The van der Waals surface area contributed by atoms with Gasteiger partial charge in [-0.3, -0.25) is 9.89 Å². The number of fused-ring (bicyclic) bond motifs is 1. The third kappa shape index (κ3) is 1.44. The smallest absolute Gasteiger partial charge is 0.211 e. The van der Waals surface area contributed by atoms with Crippen molar-refractivity contribution in [2.75, 3.05) is 0 Å². The summed E-state index contributed by atoms with van der Waals surface area (Å²) in [5.41, 5.74) is 2.11. The van der Waals surface area contributed by atoms with Gasteiger partial charge in [0.15, 0.2) is 5.65 Å². The maximum absolute atomic E-state index is 11.7. The van der Waals surface area contributed by atoms with E-state index in [4.69, 9.17) is 0 Å². The maximum atomic E-state index is 11.7. The fourth-order valence-electron chi connectivity index (χ4n) is 1.90. The Morgan fingerprint density at radius 2 is 2.00 bits per heavy atom. The molecule has 3 rings (SSSR count). The van der Waals surface area contributed by atoms with Crippen LogP contribution in [0.5, 0.6) is 0 Å². The van der Waals surface area contributed by atoms with Gasteiger partial charge in [0.05, 0.1) is 23.0 Å². The van der Waals surface area contributed by atoms with Crippen molar-refractivity contribution >= 4 is 11.0 Å². The number of nitrogens with one attached hydrogen (secondary N) is 1. The van der Waals surface area contributed by atoms with E-state index in [9.17, 15) is 4.79 Å². The van der Waals surface area contributed by atoms with Gasteiger partial charge in [-0.15, -0.1) is 0 Å². The summed E-state index contributed by atoms with van der Waals surface area (Å²) in [7, 11) is 0. The fraction of sp³-hybridized carbons (Fsp3) is 0.0833. The molecule has 1 aromatic carbocycles. The van der Waals surface area contributed by atoms with Crippen molar-refractivity contribution in [2.24, 2.45) is 0 Å². The molecule has 0 saturated heterocycles. The second-order valence-corrected chi connectivity index (χ2v) is 3.79. The van der Waals surface area contributed by atoms with Crippen LogP contribution in [0.1, 0.15) is 5.69 Å². The molecule has 3 aromatic rings. The molecule has 1 N–H and O–H groups in total. The Morgan fingerprint density at radius 3 is 2.76 bits per heavy atom. The SMILES string of the molecule is Cc1nn(-c2ccccc2)c2[nH]ncc(=O)c12. The van der Waals surface area contributed by atoms with E-state index in [1.807, 2.05) is 37.3 Å². The van der Waals surface area contributed by atoms with Crippen molar-refractivity contribution in [1.82, 2.24) is 20.0 Å².